The number of carbonyl (C=O) groups excluding carboxylic acids is 1. The van der Waals surface area contributed by atoms with Crippen LogP contribution in [-0.4, -0.2) is 84.9 Å². The quantitative estimate of drug-likeness (QED) is 0.287. The van der Waals surface area contributed by atoms with Gasteiger partial charge in [-0.25, -0.2) is 22.3 Å². The van der Waals surface area contributed by atoms with Crippen molar-refractivity contribution in [3.8, 4) is 0 Å². The second-order valence-corrected chi connectivity index (χ2v) is 12.2. The number of nitrogens with zero attached hydrogens (tertiary/aromatic N) is 4. The monoisotopic (exact) mass is 642 g/mol. The standard InChI is InChI=1S/C26H33FN6O3S.C2HF3O2/c1-31(2)17-19-7-5-18(6-8-19)11-14-29-37(35,36)20-9-10-22(21(27)15-20)30-23-16-25(34)32(3)26(23)24-12-13-28-33(24)4;3-2(4,5)1(6)7/h5-10,12-13,15,23,26,29-30H,11,14,16-17H2,1-4H3;(H,6,7)/t23-,26-;/m1./s1. The third-order valence-corrected chi connectivity index (χ3v) is 8.27. The number of aliphatic carboxylic acids is 1. The third-order valence-electron chi connectivity index (χ3n) is 6.81. The largest absolute Gasteiger partial charge is 0.490 e. The number of halogens is 4. The minimum absolute atomic E-state index is 0.0696. The summed E-state index contributed by atoms with van der Waals surface area (Å²) in [6.07, 6.45) is -2.73. The summed E-state index contributed by atoms with van der Waals surface area (Å²) in [6.45, 7) is 1.03. The van der Waals surface area contributed by atoms with Crippen LogP contribution in [-0.2, 0) is 39.6 Å². The number of carboxylic acid groups (broad SMARTS) is 1. The summed E-state index contributed by atoms with van der Waals surface area (Å²) in [5.74, 6) is -3.53. The number of hydrogen-bond acceptors (Lipinski definition) is 7. The van der Waals surface area contributed by atoms with Crippen molar-refractivity contribution in [2.75, 3.05) is 33.0 Å². The lowest BCUT2D eigenvalue weighted by molar-refractivity contribution is -0.192. The molecule has 0 saturated carbocycles. The fourth-order valence-electron chi connectivity index (χ4n) is 4.65. The highest BCUT2D eigenvalue weighted by Crippen LogP contribution is 2.34. The average Bonchev–Trinajstić information content (AvgIpc) is 3.46. The van der Waals surface area contributed by atoms with Crippen LogP contribution in [0.15, 0.2) is 59.6 Å². The van der Waals surface area contributed by atoms with E-state index >= 15 is 4.39 Å². The van der Waals surface area contributed by atoms with Gasteiger partial charge in [0.1, 0.15) is 5.82 Å². The van der Waals surface area contributed by atoms with E-state index in [4.69, 9.17) is 9.90 Å². The van der Waals surface area contributed by atoms with Crippen molar-refractivity contribution in [2.45, 2.75) is 42.5 Å². The molecule has 1 saturated heterocycles. The minimum atomic E-state index is -5.08. The summed E-state index contributed by atoms with van der Waals surface area (Å²) < 4.78 is 76.5. The minimum Gasteiger partial charge on any atom is -0.475 e. The fraction of sp³-hybridized carbons (Fsp3) is 0.393. The molecule has 0 spiro atoms. The van der Waals surface area contributed by atoms with Crippen LogP contribution >= 0.6 is 0 Å². The van der Waals surface area contributed by atoms with Gasteiger partial charge < -0.3 is 20.2 Å². The lowest BCUT2D eigenvalue weighted by Crippen LogP contribution is -2.31. The lowest BCUT2D eigenvalue weighted by Gasteiger charge is -2.26. The Morgan fingerprint density at radius 3 is 2.23 bits per heavy atom. The number of alkyl halides is 3. The van der Waals surface area contributed by atoms with Crippen molar-refractivity contribution in [1.29, 1.82) is 0 Å². The topological polar surface area (TPSA) is 137 Å². The van der Waals surface area contributed by atoms with E-state index in [-0.39, 0.29) is 35.5 Å². The summed E-state index contributed by atoms with van der Waals surface area (Å²) in [4.78, 5) is 24.8. The number of aryl methyl sites for hydroxylation is 1. The molecule has 4 rings (SSSR count). The van der Waals surface area contributed by atoms with Crippen LogP contribution in [0.1, 0.15) is 29.3 Å². The van der Waals surface area contributed by atoms with E-state index in [1.165, 1.54) is 17.7 Å². The van der Waals surface area contributed by atoms with E-state index in [1.54, 1.807) is 29.9 Å². The molecule has 3 N–H and O–H groups in total. The first-order chi connectivity index (χ1) is 20.5. The van der Waals surface area contributed by atoms with Gasteiger partial charge in [0.25, 0.3) is 0 Å². The van der Waals surface area contributed by atoms with Crippen LogP contribution in [0, 0.1) is 5.82 Å². The number of aromatic nitrogens is 2. The molecule has 2 atom stereocenters. The van der Waals surface area contributed by atoms with E-state index in [9.17, 15) is 26.4 Å². The second kappa shape index (κ2) is 14.2. The summed E-state index contributed by atoms with van der Waals surface area (Å²) >= 11 is 0. The summed E-state index contributed by atoms with van der Waals surface area (Å²) in [5, 5.41) is 14.4. The van der Waals surface area contributed by atoms with Gasteiger partial charge in [0, 0.05) is 39.8 Å². The molecule has 2 heterocycles. The molecular weight excluding hydrogens is 608 g/mol. The number of likely N-dealkylation sites (N-methyl/N-ethyl adjacent to an activating group) is 1. The zero-order chi connectivity index (χ0) is 32.8. The molecule has 0 unspecified atom stereocenters. The molecule has 0 bridgehead atoms. The van der Waals surface area contributed by atoms with Crippen molar-refractivity contribution in [2.24, 2.45) is 7.05 Å². The highest BCUT2D eigenvalue weighted by Gasteiger charge is 2.40. The van der Waals surface area contributed by atoms with Crippen LogP contribution in [0.2, 0.25) is 0 Å². The number of anilines is 1. The van der Waals surface area contributed by atoms with E-state index in [0.717, 1.165) is 23.9 Å². The first-order valence-electron chi connectivity index (χ1n) is 13.3. The molecule has 1 amide bonds. The number of benzene rings is 2. The van der Waals surface area contributed by atoms with Crippen molar-refractivity contribution in [1.82, 2.24) is 24.3 Å². The highest BCUT2D eigenvalue weighted by molar-refractivity contribution is 7.89. The van der Waals surface area contributed by atoms with Gasteiger partial charge in [-0.05, 0) is 55.9 Å². The van der Waals surface area contributed by atoms with Crippen LogP contribution in [0.4, 0.5) is 23.2 Å². The summed E-state index contributed by atoms with van der Waals surface area (Å²) in [5.41, 5.74) is 3.15. The van der Waals surface area contributed by atoms with Crippen LogP contribution < -0.4 is 10.0 Å². The maximum Gasteiger partial charge on any atom is 0.490 e. The van der Waals surface area contributed by atoms with E-state index in [2.05, 4.69) is 20.0 Å². The maximum absolute atomic E-state index is 15.0. The molecular formula is C28H34F4N6O5S. The molecule has 240 valence electrons. The molecule has 1 aliphatic rings. The summed E-state index contributed by atoms with van der Waals surface area (Å²) in [7, 11) is 3.61. The van der Waals surface area contributed by atoms with Gasteiger partial charge in [-0.15, -0.1) is 0 Å². The summed E-state index contributed by atoms with van der Waals surface area (Å²) in [6, 6.07) is 12.9. The molecule has 44 heavy (non-hydrogen) atoms. The lowest BCUT2D eigenvalue weighted by atomic mass is 10.1. The first-order valence-corrected chi connectivity index (χ1v) is 14.8. The number of hydrogen-bond donors (Lipinski definition) is 3. The van der Waals surface area contributed by atoms with Gasteiger partial charge in [0.05, 0.1) is 28.4 Å². The zero-order valence-electron chi connectivity index (χ0n) is 24.5. The first kappa shape index (κ1) is 34.5. The predicted molar refractivity (Wildman–Crippen MR) is 154 cm³/mol. The molecule has 1 aromatic heterocycles. The van der Waals surface area contributed by atoms with Gasteiger partial charge >= 0.3 is 12.1 Å². The molecule has 3 aromatic rings. The molecule has 1 aliphatic heterocycles. The van der Waals surface area contributed by atoms with Gasteiger partial charge in [-0.1, -0.05) is 24.3 Å². The molecule has 16 heteroatoms. The van der Waals surface area contributed by atoms with Gasteiger partial charge in [-0.2, -0.15) is 18.3 Å². The average molecular weight is 643 g/mol. The Labute approximate surface area is 252 Å². The number of carboxylic acids is 1. The molecule has 0 radical (unpaired) electrons. The second-order valence-electron chi connectivity index (χ2n) is 10.4. The van der Waals surface area contributed by atoms with Crippen LogP contribution in [0.5, 0.6) is 0 Å². The third kappa shape index (κ3) is 9.00. The normalized spacial score (nSPS) is 17.0. The molecule has 11 nitrogen and oxygen atoms in total. The Morgan fingerprint density at radius 2 is 1.70 bits per heavy atom. The number of rotatable bonds is 10. The van der Waals surface area contributed by atoms with Gasteiger partial charge in [0.15, 0.2) is 0 Å². The number of sulfonamides is 1. The van der Waals surface area contributed by atoms with E-state index < -0.39 is 34.0 Å². The van der Waals surface area contributed by atoms with Crippen molar-refractivity contribution < 1.29 is 40.7 Å². The predicted octanol–water partition coefficient (Wildman–Crippen LogP) is 3.16. The van der Waals surface area contributed by atoms with Crippen LogP contribution in [0.3, 0.4) is 0 Å². The Balaban J connectivity index is 0.000000676. The molecule has 0 aliphatic carbocycles. The Hall–Kier alpha value is -4.02. The Kier molecular flexibility index (Phi) is 11.1. The zero-order valence-corrected chi connectivity index (χ0v) is 25.3. The van der Waals surface area contributed by atoms with E-state index in [0.29, 0.717) is 6.42 Å². The van der Waals surface area contributed by atoms with Gasteiger partial charge in [0.2, 0.25) is 15.9 Å². The molecule has 2 aromatic carbocycles. The SMILES string of the molecule is CN(C)Cc1ccc(CCNS(=O)(=O)c2ccc(N[C@@H]3CC(=O)N(C)[C@H]3c3ccnn3C)c(F)c2)cc1.O=C(O)C(F)(F)F. The van der Waals surface area contributed by atoms with Crippen molar-refractivity contribution in [3.05, 3.63) is 77.4 Å². The van der Waals surface area contributed by atoms with Crippen molar-refractivity contribution in [3.63, 3.8) is 0 Å². The molecule has 1 fully saturated rings. The smallest absolute Gasteiger partial charge is 0.475 e. The maximum atomic E-state index is 15.0. The Morgan fingerprint density at radius 1 is 1.09 bits per heavy atom. The van der Waals surface area contributed by atoms with Crippen LogP contribution in [0.25, 0.3) is 0 Å². The number of likely N-dealkylation sites (tertiary alicyclic amines) is 1. The number of amides is 1. The van der Waals surface area contributed by atoms with E-state index in [1.807, 2.05) is 44.4 Å². The Bertz CT molecular complexity index is 1560. The fourth-order valence-corrected chi connectivity index (χ4v) is 5.69. The van der Waals surface area contributed by atoms with Crippen molar-refractivity contribution >= 4 is 27.6 Å². The van der Waals surface area contributed by atoms with Gasteiger partial charge in [-0.3, -0.25) is 9.48 Å². The highest BCUT2D eigenvalue weighted by atomic mass is 32.2. The number of carbonyl (C=O) groups is 2. The number of nitrogens with one attached hydrogen (secondary N) is 2.